The minimum atomic E-state index is 0.679. The molecule has 1 N–H and O–H groups in total. The lowest BCUT2D eigenvalue weighted by Crippen LogP contribution is -2.19. The molecular weight excluding hydrogens is 305 g/mol. The second-order valence-corrected chi connectivity index (χ2v) is 5.70. The number of anilines is 1. The van der Waals surface area contributed by atoms with Crippen LogP contribution in [0.25, 0.3) is 0 Å². The maximum atomic E-state index is 6.18. The minimum absolute atomic E-state index is 0.679. The predicted molar refractivity (Wildman–Crippen MR) is 90.2 cm³/mol. The molecule has 112 valence electrons. The first kappa shape index (κ1) is 16.1. The van der Waals surface area contributed by atoms with Crippen LogP contribution < -0.4 is 10.2 Å². The summed E-state index contributed by atoms with van der Waals surface area (Å²) in [4.78, 5) is 6.72. The van der Waals surface area contributed by atoms with Crippen molar-refractivity contribution >= 4 is 29.0 Å². The zero-order chi connectivity index (χ0) is 15.2. The van der Waals surface area contributed by atoms with Gasteiger partial charge in [0.2, 0.25) is 0 Å². The van der Waals surface area contributed by atoms with E-state index in [1.165, 1.54) is 5.56 Å². The van der Waals surface area contributed by atoms with Crippen molar-refractivity contribution in [2.45, 2.75) is 20.0 Å². The lowest BCUT2D eigenvalue weighted by atomic mass is 10.2. The Hall–Kier alpha value is -1.29. The van der Waals surface area contributed by atoms with Gasteiger partial charge in [-0.2, -0.15) is 0 Å². The zero-order valence-electron chi connectivity index (χ0n) is 12.2. The minimum Gasteiger partial charge on any atom is -0.355 e. The fraction of sp³-hybridized carbons (Fsp3) is 0.312. The molecule has 1 aromatic heterocycles. The Morgan fingerprint density at radius 1 is 1.10 bits per heavy atom. The summed E-state index contributed by atoms with van der Waals surface area (Å²) in [5.41, 5.74) is 2.06. The van der Waals surface area contributed by atoms with Crippen LogP contribution in [-0.4, -0.2) is 18.6 Å². The van der Waals surface area contributed by atoms with E-state index >= 15 is 0 Å². The number of aromatic nitrogens is 1. The first-order valence-corrected chi connectivity index (χ1v) is 7.67. The van der Waals surface area contributed by atoms with Gasteiger partial charge in [0.1, 0.15) is 5.82 Å². The van der Waals surface area contributed by atoms with Gasteiger partial charge in [-0.05, 0) is 36.4 Å². The van der Waals surface area contributed by atoms with Crippen LogP contribution in [0.4, 0.5) is 5.82 Å². The number of benzene rings is 1. The fourth-order valence-electron chi connectivity index (χ4n) is 2.00. The molecule has 0 aliphatic carbocycles. The number of pyridine rings is 1. The van der Waals surface area contributed by atoms with E-state index in [-0.39, 0.29) is 0 Å². The van der Waals surface area contributed by atoms with Crippen LogP contribution in [0.2, 0.25) is 10.0 Å². The van der Waals surface area contributed by atoms with E-state index in [9.17, 15) is 0 Å². The molecule has 0 aliphatic heterocycles. The summed E-state index contributed by atoms with van der Waals surface area (Å²) in [5, 5.41) is 4.69. The van der Waals surface area contributed by atoms with E-state index in [1.54, 1.807) is 0 Å². The molecule has 5 heteroatoms. The predicted octanol–water partition coefficient (Wildman–Crippen LogP) is 4.13. The van der Waals surface area contributed by atoms with E-state index < -0.39 is 0 Å². The quantitative estimate of drug-likeness (QED) is 0.866. The molecule has 0 unspecified atom stereocenters. The third kappa shape index (κ3) is 4.60. The van der Waals surface area contributed by atoms with Gasteiger partial charge in [-0.1, -0.05) is 42.3 Å². The van der Waals surface area contributed by atoms with Crippen molar-refractivity contribution < 1.29 is 0 Å². The van der Waals surface area contributed by atoms with Crippen LogP contribution in [0.5, 0.6) is 0 Å². The van der Waals surface area contributed by atoms with Crippen LogP contribution in [0.3, 0.4) is 0 Å². The molecule has 0 saturated carbocycles. The van der Waals surface area contributed by atoms with E-state index in [0.717, 1.165) is 29.6 Å². The molecule has 1 heterocycles. The van der Waals surface area contributed by atoms with Gasteiger partial charge in [-0.15, -0.1) is 0 Å². The molecule has 1 aromatic carbocycles. The molecule has 0 aliphatic rings. The summed E-state index contributed by atoms with van der Waals surface area (Å²) < 4.78 is 0. The van der Waals surface area contributed by atoms with Crippen LogP contribution >= 0.6 is 23.2 Å². The van der Waals surface area contributed by atoms with E-state index in [4.69, 9.17) is 23.2 Å². The number of nitrogens with one attached hydrogen (secondary N) is 1. The first-order chi connectivity index (χ1) is 10.1. The Bertz CT molecular complexity index is 585. The summed E-state index contributed by atoms with van der Waals surface area (Å²) in [6.45, 7) is 4.40. The Morgan fingerprint density at radius 2 is 1.81 bits per heavy atom. The van der Waals surface area contributed by atoms with Crippen LogP contribution in [0.15, 0.2) is 36.4 Å². The molecule has 0 radical (unpaired) electrons. The first-order valence-electron chi connectivity index (χ1n) is 6.92. The molecule has 2 aromatic rings. The summed E-state index contributed by atoms with van der Waals surface area (Å²) in [5.74, 6) is 0.905. The summed E-state index contributed by atoms with van der Waals surface area (Å²) in [6, 6.07) is 11.7. The average Bonchev–Trinajstić information content (AvgIpc) is 2.48. The molecule has 0 amide bonds. The topological polar surface area (TPSA) is 28.2 Å². The summed E-state index contributed by atoms with van der Waals surface area (Å²) >= 11 is 12.1. The molecule has 21 heavy (non-hydrogen) atoms. The molecule has 0 fully saturated rings. The van der Waals surface area contributed by atoms with Crippen molar-refractivity contribution in [3.63, 3.8) is 0 Å². The molecule has 2 rings (SSSR count). The summed E-state index contributed by atoms with van der Waals surface area (Å²) in [6.07, 6.45) is 0. The van der Waals surface area contributed by atoms with E-state index in [0.29, 0.717) is 11.6 Å². The van der Waals surface area contributed by atoms with Gasteiger partial charge in [0.25, 0.3) is 0 Å². The fourth-order valence-corrected chi connectivity index (χ4v) is 2.30. The lowest BCUT2D eigenvalue weighted by molar-refractivity contribution is 0.708. The molecule has 0 bridgehead atoms. The van der Waals surface area contributed by atoms with Gasteiger partial charge < -0.3 is 10.2 Å². The zero-order valence-corrected chi connectivity index (χ0v) is 13.7. The number of nitrogens with zero attached hydrogens (tertiary/aromatic N) is 2. The Balaban J connectivity index is 2.11. The van der Waals surface area contributed by atoms with Gasteiger partial charge in [-0.3, -0.25) is 0 Å². The standard InChI is InChI=1S/C16H19Cl2N3/c1-3-19-10-15-14(18)8-9-16(20-15)21(2)11-12-4-6-13(17)7-5-12/h4-9,19H,3,10-11H2,1-2H3. The van der Waals surface area contributed by atoms with Gasteiger partial charge in [0.05, 0.1) is 10.7 Å². The number of hydrogen-bond acceptors (Lipinski definition) is 3. The normalized spacial score (nSPS) is 10.7. The molecule has 0 spiro atoms. The number of halogens is 2. The smallest absolute Gasteiger partial charge is 0.129 e. The third-order valence-corrected chi connectivity index (χ3v) is 3.77. The Morgan fingerprint density at radius 3 is 2.48 bits per heavy atom. The maximum absolute atomic E-state index is 6.18. The number of hydrogen-bond donors (Lipinski definition) is 1. The molecular formula is C16H19Cl2N3. The highest BCUT2D eigenvalue weighted by Crippen LogP contribution is 2.20. The highest BCUT2D eigenvalue weighted by Gasteiger charge is 2.08. The van der Waals surface area contributed by atoms with E-state index in [1.807, 2.05) is 43.4 Å². The second kappa shape index (κ2) is 7.64. The number of rotatable bonds is 6. The monoisotopic (exact) mass is 323 g/mol. The highest BCUT2D eigenvalue weighted by atomic mass is 35.5. The van der Waals surface area contributed by atoms with Gasteiger partial charge in [0, 0.05) is 25.2 Å². The van der Waals surface area contributed by atoms with Crippen molar-refractivity contribution in [2.75, 3.05) is 18.5 Å². The van der Waals surface area contributed by atoms with Gasteiger partial charge in [0.15, 0.2) is 0 Å². The second-order valence-electron chi connectivity index (χ2n) is 4.86. The Kier molecular flexibility index (Phi) is 5.85. The van der Waals surface area contributed by atoms with E-state index in [2.05, 4.69) is 22.1 Å². The summed E-state index contributed by atoms with van der Waals surface area (Å²) in [7, 11) is 2.02. The van der Waals surface area contributed by atoms with Gasteiger partial charge in [-0.25, -0.2) is 4.98 Å². The Labute approximate surface area is 135 Å². The third-order valence-electron chi connectivity index (χ3n) is 3.17. The van der Waals surface area contributed by atoms with Crippen molar-refractivity contribution in [2.24, 2.45) is 0 Å². The van der Waals surface area contributed by atoms with Crippen LogP contribution in [0, 0.1) is 0 Å². The van der Waals surface area contributed by atoms with Crippen molar-refractivity contribution in [3.8, 4) is 0 Å². The highest BCUT2D eigenvalue weighted by molar-refractivity contribution is 6.31. The van der Waals surface area contributed by atoms with Crippen molar-refractivity contribution in [3.05, 3.63) is 57.7 Å². The van der Waals surface area contributed by atoms with Crippen molar-refractivity contribution in [1.29, 1.82) is 0 Å². The maximum Gasteiger partial charge on any atom is 0.129 e. The van der Waals surface area contributed by atoms with Crippen LogP contribution in [0.1, 0.15) is 18.2 Å². The van der Waals surface area contributed by atoms with Gasteiger partial charge >= 0.3 is 0 Å². The molecule has 0 atom stereocenters. The average molecular weight is 324 g/mol. The molecule has 3 nitrogen and oxygen atoms in total. The largest absolute Gasteiger partial charge is 0.355 e. The SMILES string of the molecule is CCNCc1nc(N(C)Cc2ccc(Cl)cc2)ccc1Cl. The van der Waals surface area contributed by atoms with Crippen LogP contribution in [-0.2, 0) is 13.1 Å². The lowest BCUT2D eigenvalue weighted by Gasteiger charge is -2.19. The molecule has 0 saturated heterocycles. The van der Waals surface area contributed by atoms with Crippen molar-refractivity contribution in [1.82, 2.24) is 10.3 Å².